The fourth-order valence-electron chi connectivity index (χ4n) is 3.88. The van der Waals surface area contributed by atoms with Crippen LogP contribution in [0.5, 0.6) is 0 Å². The molecule has 2 aromatic rings. The maximum Gasteiger partial charge on any atom is 0.410 e. The average molecular weight is 456 g/mol. The van der Waals surface area contributed by atoms with Crippen LogP contribution in [0, 0.1) is 6.92 Å². The van der Waals surface area contributed by atoms with E-state index in [1.165, 1.54) is 6.20 Å². The number of carbonyl (C=O) groups excluding carboxylic acids is 3. The highest BCUT2D eigenvalue weighted by Gasteiger charge is 2.28. The van der Waals surface area contributed by atoms with Gasteiger partial charge in [0.2, 0.25) is 0 Å². The van der Waals surface area contributed by atoms with E-state index in [1.807, 2.05) is 52.8 Å². The molecule has 0 unspecified atom stereocenters. The van der Waals surface area contributed by atoms with Crippen molar-refractivity contribution in [1.82, 2.24) is 20.4 Å². The number of carbonyl (C=O) groups is 3. The number of H-pyrrole nitrogens is 1. The maximum absolute atomic E-state index is 12.9. The third kappa shape index (κ3) is 6.12. The molecule has 9 heteroatoms. The van der Waals surface area contributed by atoms with Crippen molar-refractivity contribution in [3.05, 3.63) is 46.8 Å². The number of benzene rings is 1. The first-order chi connectivity index (χ1) is 15.6. The van der Waals surface area contributed by atoms with Crippen LogP contribution in [-0.2, 0) is 11.2 Å². The average Bonchev–Trinajstić information content (AvgIpc) is 3.20. The van der Waals surface area contributed by atoms with E-state index >= 15 is 0 Å². The number of aromatic nitrogens is 2. The number of amides is 3. The highest BCUT2D eigenvalue weighted by Crippen LogP contribution is 2.20. The van der Waals surface area contributed by atoms with E-state index in [0.717, 1.165) is 17.5 Å². The second-order valence-corrected chi connectivity index (χ2v) is 9.29. The molecule has 1 aliphatic rings. The molecule has 1 aromatic carbocycles. The van der Waals surface area contributed by atoms with Crippen molar-refractivity contribution in [3.63, 3.8) is 0 Å². The van der Waals surface area contributed by atoms with Gasteiger partial charge in [-0.2, -0.15) is 5.10 Å². The fourth-order valence-corrected chi connectivity index (χ4v) is 3.88. The summed E-state index contributed by atoms with van der Waals surface area (Å²) in [6.07, 6.45) is 3.05. The fraction of sp³-hybridized carbons (Fsp3) is 0.500. The maximum atomic E-state index is 12.9. The summed E-state index contributed by atoms with van der Waals surface area (Å²) in [6, 6.07) is 5.65. The van der Waals surface area contributed by atoms with Gasteiger partial charge in [-0.15, -0.1) is 0 Å². The Morgan fingerprint density at radius 1 is 1.18 bits per heavy atom. The molecule has 3 rings (SSSR count). The number of hydrogen-bond donors (Lipinski definition) is 3. The van der Waals surface area contributed by atoms with E-state index in [0.29, 0.717) is 37.2 Å². The van der Waals surface area contributed by atoms with Crippen molar-refractivity contribution in [2.24, 2.45) is 0 Å². The molecule has 0 saturated carbocycles. The Hall–Kier alpha value is -3.36. The summed E-state index contributed by atoms with van der Waals surface area (Å²) >= 11 is 0. The highest BCUT2D eigenvalue weighted by atomic mass is 16.6. The molecule has 0 bridgehead atoms. The molecule has 1 aliphatic heterocycles. The van der Waals surface area contributed by atoms with Gasteiger partial charge in [0.1, 0.15) is 11.3 Å². The SMILES string of the molecule is CCc1cccc(C)c1C(=O)Nc1cn[nH]c1C(=O)NC1CCN(C(=O)OC(C)(C)C)CC1. The number of piperidine rings is 1. The second-order valence-electron chi connectivity index (χ2n) is 9.29. The van der Waals surface area contributed by atoms with Gasteiger partial charge in [-0.1, -0.05) is 25.1 Å². The number of aromatic amines is 1. The van der Waals surface area contributed by atoms with Crippen LogP contribution in [0.4, 0.5) is 10.5 Å². The van der Waals surface area contributed by atoms with E-state index in [4.69, 9.17) is 4.74 Å². The zero-order valence-electron chi connectivity index (χ0n) is 19.9. The molecule has 0 radical (unpaired) electrons. The first kappa shape index (κ1) is 24.3. The summed E-state index contributed by atoms with van der Waals surface area (Å²) in [6.45, 7) is 10.4. The van der Waals surface area contributed by atoms with Gasteiger partial charge in [0.15, 0.2) is 0 Å². The molecule has 178 valence electrons. The van der Waals surface area contributed by atoms with Crippen LogP contribution >= 0.6 is 0 Å². The Morgan fingerprint density at radius 2 is 1.88 bits per heavy atom. The van der Waals surface area contributed by atoms with E-state index in [1.54, 1.807) is 4.90 Å². The lowest BCUT2D eigenvalue weighted by Crippen LogP contribution is -2.47. The largest absolute Gasteiger partial charge is 0.444 e. The highest BCUT2D eigenvalue weighted by molar-refractivity contribution is 6.09. The number of rotatable bonds is 5. The van der Waals surface area contributed by atoms with Crippen LogP contribution in [0.3, 0.4) is 0 Å². The Balaban J connectivity index is 1.60. The van der Waals surface area contributed by atoms with E-state index < -0.39 is 5.60 Å². The molecule has 0 atom stereocenters. The number of nitrogens with zero attached hydrogens (tertiary/aromatic N) is 2. The summed E-state index contributed by atoms with van der Waals surface area (Å²) < 4.78 is 5.41. The Kier molecular flexibility index (Phi) is 7.40. The number of ether oxygens (including phenoxy) is 1. The Morgan fingerprint density at radius 3 is 2.52 bits per heavy atom. The monoisotopic (exact) mass is 455 g/mol. The minimum Gasteiger partial charge on any atom is -0.444 e. The summed E-state index contributed by atoms with van der Waals surface area (Å²) in [5, 5.41) is 12.4. The molecule has 2 heterocycles. The molecule has 0 spiro atoms. The van der Waals surface area contributed by atoms with Crippen molar-refractivity contribution >= 4 is 23.6 Å². The van der Waals surface area contributed by atoms with Gasteiger partial charge in [-0.3, -0.25) is 14.7 Å². The van der Waals surface area contributed by atoms with Gasteiger partial charge >= 0.3 is 6.09 Å². The zero-order valence-corrected chi connectivity index (χ0v) is 19.9. The molecule has 1 saturated heterocycles. The van der Waals surface area contributed by atoms with Crippen LogP contribution in [0.2, 0.25) is 0 Å². The zero-order chi connectivity index (χ0) is 24.2. The van der Waals surface area contributed by atoms with E-state index in [9.17, 15) is 14.4 Å². The summed E-state index contributed by atoms with van der Waals surface area (Å²) in [4.78, 5) is 39.7. The van der Waals surface area contributed by atoms with Gasteiger partial charge < -0.3 is 20.3 Å². The van der Waals surface area contributed by atoms with Gasteiger partial charge in [-0.25, -0.2) is 4.79 Å². The first-order valence-corrected chi connectivity index (χ1v) is 11.3. The van der Waals surface area contributed by atoms with Gasteiger partial charge in [-0.05, 0) is 58.1 Å². The topological polar surface area (TPSA) is 116 Å². The van der Waals surface area contributed by atoms with Gasteiger partial charge in [0.25, 0.3) is 11.8 Å². The lowest BCUT2D eigenvalue weighted by atomic mass is 9.99. The van der Waals surface area contributed by atoms with E-state index in [-0.39, 0.29) is 29.6 Å². The van der Waals surface area contributed by atoms with Crippen molar-refractivity contribution in [1.29, 1.82) is 0 Å². The molecule has 1 aromatic heterocycles. The molecule has 33 heavy (non-hydrogen) atoms. The predicted molar refractivity (Wildman–Crippen MR) is 125 cm³/mol. The van der Waals surface area contributed by atoms with Crippen LogP contribution in [0.25, 0.3) is 0 Å². The van der Waals surface area contributed by atoms with Crippen molar-refractivity contribution in [3.8, 4) is 0 Å². The van der Waals surface area contributed by atoms with Gasteiger partial charge in [0.05, 0.1) is 11.9 Å². The van der Waals surface area contributed by atoms with Crippen molar-refractivity contribution < 1.29 is 19.1 Å². The molecular formula is C24H33N5O4. The third-order valence-corrected chi connectivity index (χ3v) is 5.56. The second kappa shape index (κ2) is 10.1. The normalized spacial score (nSPS) is 14.6. The molecule has 9 nitrogen and oxygen atoms in total. The first-order valence-electron chi connectivity index (χ1n) is 11.3. The smallest absolute Gasteiger partial charge is 0.410 e. The number of likely N-dealkylation sites (tertiary alicyclic amines) is 1. The van der Waals surface area contributed by atoms with Gasteiger partial charge in [0, 0.05) is 24.7 Å². The Labute approximate surface area is 194 Å². The number of nitrogens with one attached hydrogen (secondary N) is 3. The molecule has 3 amide bonds. The molecule has 3 N–H and O–H groups in total. The lowest BCUT2D eigenvalue weighted by molar-refractivity contribution is 0.0199. The minimum atomic E-state index is -0.542. The number of hydrogen-bond acceptors (Lipinski definition) is 5. The standard InChI is InChI=1S/C24H33N5O4/c1-6-16-9-7-8-15(2)19(16)21(30)27-18-14-25-28-20(18)22(31)26-17-10-12-29(13-11-17)23(32)33-24(3,4)5/h7-9,14,17H,6,10-13H2,1-5H3,(H,25,28)(H,26,31)(H,27,30). The molecule has 1 fully saturated rings. The number of aryl methyl sites for hydroxylation is 2. The predicted octanol–water partition coefficient (Wildman–Crippen LogP) is 3.66. The molecule has 0 aliphatic carbocycles. The summed E-state index contributed by atoms with van der Waals surface area (Å²) in [5.74, 6) is -0.620. The summed E-state index contributed by atoms with van der Waals surface area (Å²) in [5.41, 5.74) is 2.41. The quantitative estimate of drug-likeness (QED) is 0.636. The van der Waals surface area contributed by atoms with Crippen LogP contribution < -0.4 is 10.6 Å². The number of anilines is 1. The van der Waals surface area contributed by atoms with E-state index in [2.05, 4.69) is 20.8 Å². The van der Waals surface area contributed by atoms with Crippen molar-refractivity contribution in [2.45, 2.75) is 65.5 Å². The molecular weight excluding hydrogens is 422 g/mol. The minimum absolute atomic E-state index is 0.0916. The van der Waals surface area contributed by atoms with Crippen LogP contribution in [-0.4, -0.2) is 57.7 Å². The Bertz CT molecular complexity index is 1020. The third-order valence-electron chi connectivity index (χ3n) is 5.56. The lowest BCUT2D eigenvalue weighted by Gasteiger charge is -2.33. The van der Waals surface area contributed by atoms with Crippen LogP contribution in [0.1, 0.15) is 72.5 Å². The summed E-state index contributed by atoms with van der Waals surface area (Å²) in [7, 11) is 0. The van der Waals surface area contributed by atoms with Crippen LogP contribution in [0.15, 0.2) is 24.4 Å². The van der Waals surface area contributed by atoms with Crippen molar-refractivity contribution in [2.75, 3.05) is 18.4 Å².